The van der Waals surface area contributed by atoms with E-state index >= 15 is 0 Å². The zero-order valence-corrected chi connectivity index (χ0v) is 16.9. The number of nitrogens with two attached hydrogens (primary N) is 1. The molecule has 2 N–H and O–H groups in total. The van der Waals surface area contributed by atoms with Crippen LogP contribution in [0.2, 0.25) is 0 Å². The number of sulfone groups is 1. The van der Waals surface area contributed by atoms with Gasteiger partial charge in [0, 0.05) is 32.4 Å². The monoisotopic (exact) mass is 410 g/mol. The van der Waals surface area contributed by atoms with E-state index < -0.39 is 9.84 Å². The Labute approximate surface area is 170 Å². The minimum atomic E-state index is -3.77. The van der Waals surface area contributed by atoms with Gasteiger partial charge in [0.2, 0.25) is 15.8 Å². The SMILES string of the molecule is Cc1cccc(S(=O)(=O)c2cnc(N3CCN(c4ccccn4)CC3)nc2N)c1. The number of aromatic nitrogens is 3. The molecule has 2 aromatic heterocycles. The zero-order chi connectivity index (χ0) is 20.4. The summed E-state index contributed by atoms with van der Waals surface area (Å²) in [6.07, 6.45) is 3.08. The molecular formula is C20H22N6O2S. The van der Waals surface area contributed by atoms with Crippen LogP contribution in [-0.4, -0.2) is 49.5 Å². The largest absolute Gasteiger partial charge is 0.382 e. The number of rotatable bonds is 4. The number of hydrogen-bond acceptors (Lipinski definition) is 8. The third-order valence-electron chi connectivity index (χ3n) is 4.90. The van der Waals surface area contributed by atoms with Gasteiger partial charge in [-0.25, -0.2) is 18.4 Å². The number of aryl methyl sites for hydroxylation is 1. The van der Waals surface area contributed by atoms with Crippen LogP contribution in [0.15, 0.2) is 64.6 Å². The molecule has 0 bridgehead atoms. The molecule has 0 spiro atoms. The molecule has 0 amide bonds. The number of pyridine rings is 1. The van der Waals surface area contributed by atoms with Crippen LogP contribution in [0.25, 0.3) is 0 Å². The number of hydrogen-bond donors (Lipinski definition) is 1. The number of piperazine rings is 1. The summed E-state index contributed by atoms with van der Waals surface area (Å²) in [6, 6.07) is 12.5. The van der Waals surface area contributed by atoms with Gasteiger partial charge >= 0.3 is 0 Å². The van der Waals surface area contributed by atoms with Crippen LogP contribution >= 0.6 is 0 Å². The molecule has 0 atom stereocenters. The fourth-order valence-electron chi connectivity index (χ4n) is 3.32. The molecule has 150 valence electrons. The van der Waals surface area contributed by atoms with Gasteiger partial charge in [0.25, 0.3) is 0 Å². The van der Waals surface area contributed by atoms with Crippen LogP contribution in [0.5, 0.6) is 0 Å². The molecule has 8 nitrogen and oxygen atoms in total. The lowest BCUT2D eigenvalue weighted by Gasteiger charge is -2.35. The summed E-state index contributed by atoms with van der Waals surface area (Å²) in [7, 11) is -3.77. The lowest BCUT2D eigenvalue weighted by molar-refractivity contribution is 0.595. The van der Waals surface area contributed by atoms with Gasteiger partial charge in [-0.15, -0.1) is 0 Å². The van der Waals surface area contributed by atoms with Crippen molar-refractivity contribution < 1.29 is 8.42 Å². The van der Waals surface area contributed by atoms with Crippen molar-refractivity contribution in [3.63, 3.8) is 0 Å². The fourth-order valence-corrected chi connectivity index (χ4v) is 4.68. The second-order valence-electron chi connectivity index (χ2n) is 6.90. The third kappa shape index (κ3) is 3.86. The smallest absolute Gasteiger partial charge is 0.227 e. The Morgan fingerprint density at radius 1 is 0.966 bits per heavy atom. The molecule has 4 rings (SSSR count). The number of nitrogen functional groups attached to an aromatic ring is 1. The third-order valence-corrected chi connectivity index (χ3v) is 6.66. The highest BCUT2D eigenvalue weighted by Gasteiger charge is 2.25. The van der Waals surface area contributed by atoms with E-state index in [0.29, 0.717) is 19.0 Å². The van der Waals surface area contributed by atoms with Crippen molar-refractivity contribution in [3.8, 4) is 0 Å². The summed E-state index contributed by atoms with van der Waals surface area (Å²) in [6.45, 7) is 4.76. The van der Waals surface area contributed by atoms with E-state index in [4.69, 9.17) is 5.73 Å². The summed E-state index contributed by atoms with van der Waals surface area (Å²) >= 11 is 0. The maximum Gasteiger partial charge on any atom is 0.227 e. The summed E-state index contributed by atoms with van der Waals surface area (Å²) in [5.74, 6) is 1.34. The zero-order valence-electron chi connectivity index (χ0n) is 16.1. The highest BCUT2D eigenvalue weighted by Crippen LogP contribution is 2.26. The Morgan fingerprint density at radius 3 is 2.38 bits per heavy atom. The molecule has 1 saturated heterocycles. The fraction of sp³-hybridized carbons (Fsp3) is 0.250. The molecule has 0 radical (unpaired) electrons. The lowest BCUT2D eigenvalue weighted by atomic mass is 10.2. The van der Waals surface area contributed by atoms with E-state index in [1.807, 2.05) is 36.1 Å². The van der Waals surface area contributed by atoms with E-state index in [2.05, 4.69) is 19.9 Å². The standard InChI is InChI=1S/C20H22N6O2S/c1-15-5-4-6-16(13-15)29(27,28)17-14-23-20(24-19(17)21)26-11-9-25(10-12-26)18-7-2-3-8-22-18/h2-8,13-14H,9-12H2,1H3,(H2,21,23,24). The maximum atomic E-state index is 12.9. The first-order valence-corrected chi connectivity index (χ1v) is 10.8. The number of anilines is 3. The van der Waals surface area contributed by atoms with E-state index in [1.54, 1.807) is 24.4 Å². The van der Waals surface area contributed by atoms with Crippen LogP contribution in [0, 0.1) is 6.92 Å². The molecule has 1 aromatic carbocycles. The summed E-state index contributed by atoms with van der Waals surface area (Å²) in [5, 5.41) is 0. The van der Waals surface area contributed by atoms with Crippen molar-refractivity contribution in [2.45, 2.75) is 16.7 Å². The van der Waals surface area contributed by atoms with Gasteiger partial charge in [-0.3, -0.25) is 0 Å². The maximum absolute atomic E-state index is 12.9. The van der Waals surface area contributed by atoms with Crippen LogP contribution in [0.4, 0.5) is 17.6 Å². The van der Waals surface area contributed by atoms with Gasteiger partial charge in [-0.1, -0.05) is 18.2 Å². The second kappa shape index (κ2) is 7.67. The van der Waals surface area contributed by atoms with Crippen molar-refractivity contribution in [2.24, 2.45) is 0 Å². The molecule has 0 saturated carbocycles. The lowest BCUT2D eigenvalue weighted by Crippen LogP contribution is -2.47. The van der Waals surface area contributed by atoms with Gasteiger partial charge in [-0.2, -0.15) is 4.98 Å². The second-order valence-corrected chi connectivity index (χ2v) is 8.82. The molecular weight excluding hydrogens is 388 g/mol. The van der Waals surface area contributed by atoms with Crippen molar-refractivity contribution in [1.82, 2.24) is 15.0 Å². The summed E-state index contributed by atoms with van der Waals surface area (Å²) < 4.78 is 25.8. The van der Waals surface area contributed by atoms with Crippen molar-refractivity contribution in [1.29, 1.82) is 0 Å². The van der Waals surface area contributed by atoms with Gasteiger partial charge < -0.3 is 15.5 Å². The average Bonchev–Trinajstić information content (AvgIpc) is 2.74. The predicted octanol–water partition coefficient (Wildman–Crippen LogP) is 1.92. The molecule has 0 aliphatic carbocycles. The highest BCUT2D eigenvalue weighted by molar-refractivity contribution is 7.91. The number of nitrogens with zero attached hydrogens (tertiary/aromatic N) is 5. The van der Waals surface area contributed by atoms with Gasteiger partial charge in [0.15, 0.2) is 0 Å². The van der Waals surface area contributed by atoms with Crippen LogP contribution in [0.3, 0.4) is 0 Å². The van der Waals surface area contributed by atoms with Crippen LogP contribution in [0.1, 0.15) is 5.56 Å². The predicted molar refractivity (Wildman–Crippen MR) is 112 cm³/mol. The van der Waals surface area contributed by atoms with Crippen LogP contribution < -0.4 is 15.5 Å². The summed E-state index contributed by atoms with van der Waals surface area (Å²) in [5.41, 5.74) is 6.89. The Hall–Kier alpha value is -3.20. The van der Waals surface area contributed by atoms with E-state index in [1.165, 1.54) is 6.20 Å². The number of benzene rings is 1. The van der Waals surface area contributed by atoms with Crippen molar-refractivity contribution >= 4 is 27.4 Å². The quantitative estimate of drug-likeness (QED) is 0.695. The topological polar surface area (TPSA) is 105 Å². The molecule has 3 heterocycles. The Balaban J connectivity index is 1.52. The molecule has 1 aliphatic heterocycles. The minimum Gasteiger partial charge on any atom is -0.382 e. The van der Waals surface area contributed by atoms with Crippen molar-refractivity contribution in [3.05, 3.63) is 60.4 Å². The van der Waals surface area contributed by atoms with Crippen molar-refractivity contribution in [2.75, 3.05) is 41.7 Å². The van der Waals surface area contributed by atoms with Gasteiger partial charge in [0.1, 0.15) is 16.5 Å². The first-order chi connectivity index (χ1) is 13.9. The highest BCUT2D eigenvalue weighted by atomic mass is 32.2. The molecule has 1 aliphatic rings. The Morgan fingerprint density at radius 2 is 1.72 bits per heavy atom. The minimum absolute atomic E-state index is 0.0383. The van der Waals surface area contributed by atoms with Gasteiger partial charge in [0.05, 0.1) is 11.1 Å². The molecule has 9 heteroatoms. The van der Waals surface area contributed by atoms with Crippen LogP contribution in [-0.2, 0) is 9.84 Å². The molecule has 3 aromatic rings. The first kappa shape index (κ1) is 19.1. The molecule has 29 heavy (non-hydrogen) atoms. The average molecular weight is 411 g/mol. The van der Waals surface area contributed by atoms with E-state index in [-0.39, 0.29) is 15.6 Å². The normalized spacial score (nSPS) is 14.8. The molecule has 1 fully saturated rings. The van der Waals surface area contributed by atoms with E-state index in [0.717, 1.165) is 24.5 Å². The van der Waals surface area contributed by atoms with E-state index in [9.17, 15) is 8.42 Å². The molecule has 0 unspecified atom stereocenters. The summed E-state index contributed by atoms with van der Waals surface area (Å²) in [4.78, 5) is 17.3. The first-order valence-electron chi connectivity index (χ1n) is 9.30. The Kier molecular flexibility index (Phi) is 5.06. The van der Waals surface area contributed by atoms with Gasteiger partial charge in [-0.05, 0) is 36.8 Å². The Bertz CT molecular complexity index is 1110.